The molecule has 1 N–H and O–H groups in total. The van der Waals surface area contributed by atoms with Crippen molar-refractivity contribution in [2.45, 2.75) is 32.5 Å². The molecule has 0 fully saturated rings. The molecular weight excluding hydrogens is 379 g/mol. The minimum absolute atomic E-state index is 0.0353. The molecule has 0 saturated heterocycles. The Labute approximate surface area is 176 Å². The van der Waals surface area contributed by atoms with E-state index in [2.05, 4.69) is 41.4 Å². The second kappa shape index (κ2) is 8.99. The molecule has 3 aromatic carbocycles. The summed E-state index contributed by atoms with van der Waals surface area (Å²) >= 11 is 0. The summed E-state index contributed by atoms with van der Waals surface area (Å²) in [6, 6.07) is 22.6. The molecule has 5 heteroatoms. The number of benzene rings is 3. The number of hydrogen-bond acceptors (Lipinski definition) is 3. The summed E-state index contributed by atoms with van der Waals surface area (Å²) in [6.07, 6.45) is 0.301. The van der Waals surface area contributed by atoms with Gasteiger partial charge >= 0.3 is 0 Å². The van der Waals surface area contributed by atoms with Gasteiger partial charge in [0.25, 0.3) is 0 Å². The van der Waals surface area contributed by atoms with Crippen molar-refractivity contribution in [1.29, 1.82) is 0 Å². The molecule has 1 atom stereocenters. The van der Waals surface area contributed by atoms with Crippen LogP contribution >= 0.6 is 0 Å². The number of carbonyl (C=O) groups is 1. The van der Waals surface area contributed by atoms with Gasteiger partial charge in [-0.2, -0.15) is 0 Å². The highest BCUT2D eigenvalue weighted by atomic mass is 19.1. The summed E-state index contributed by atoms with van der Waals surface area (Å²) in [7, 11) is 0. The van der Waals surface area contributed by atoms with Gasteiger partial charge in [0, 0.05) is 19.2 Å². The van der Waals surface area contributed by atoms with Gasteiger partial charge in [-0.25, -0.2) is 4.39 Å². The Hall–Kier alpha value is -3.34. The number of nitrogens with zero attached hydrogens (tertiary/aromatic N) is 1. The van der Waals surface area contributed by atoms with Crippen LogP contribution < -0.4 is 15.0 Å². The number of hydrogen-bond donors (Lipinski definition) is 1. The van der Waals surface area contributed by atoms with Gasteiger partial charge < -0.3 is 15.0 Å². The molecule has 0 aromatic heterocycles. The number of fused-ring (bicyclic) bond motifs is 1. The van der Waals surface area contributed by atoms with Crippen molar-refractivity contribution < 1.29 is 13.9 Å². The first kappa shape index (κ1) is 20.0. The quantitative estimate of drug-likeness (QED) is 0.652. The lowest BCUT2D eigenvalue weighted by molar-refractivity contribution is -0.121. The lowest BCUT2D eigenvalue weighted by atomic mass is 10.1. The second-order valence-corrected chi connectivity index (χ2v) is 7.66. The average Bonchev–Trinajstić information content (AvgIpc) is 2.76. The molecule has 4 rings (SSSR count). The van der Waals surface area contributed by atoms with E-state index in [4.69, 9.17) is 4.74 Å². The fraction of sp³-hybridized carbons (Fsp3) is 0.240. The molecule has 30 heavy (non-hydrogen) atoms. The van der Waals surface area contributed by atoms with Crippen LogP contribution in [0.3, 0.4) is 0 Å². The van der Waals surface area contributed by atoms with Crippen LogP contribution in [0.15, 0.2) is 72.8 Å². The number of aryl methyl sites for hydroxylation is 1. The molecule has 0 bridgehead atoms. The Balaban J connectivity index is 1.50. The van der Waals surface area contributed by atoms with E-state index in [1.807, 2.05) is 30.3 Å². The number of halogens is 1. The third-order valence-electron chi connectivity index (χ3n) is 5.33. The number of carbonyl (C=O) groups excluding carboxylic acids is 1. The predicted molar refractivity (Wildman–Crippen MR) is 116 cm³/mol. The van der Waals surface area contributed by atoms with Crippen molar-refractivity contribution in [3.05, 3.63) is 95.3 Å². The van der Waals surface area contributed by atoms with E-state index < -0.39 is 0 Å². The van der Waals surface area contributed by atoms with Crippen LogP contribution in [0.1, 0.15) is 23.1 Å². The fourth-order valence-electron chi connectivity index (χ4n) is 3.67. The first-order chi connectivity index (χ1) is 14.6. The van der Waals surface area contributed by atoms with Crippen molar-refractivity contribution in [1.82, 2.24) is 5.32 Å². The van der Waals surface area contributed by atoms with Crippen LogP contribution in [-0.2, 0) is 17.9 Å². The van der Waals surface area contributed by atoms with Crippen LogP contribution in [0, 0.1) is 12.7 Å². The molecule has 154 valence electrons. The van der Waals surface area contributed by atoms with Crippen molar-refractivity contribution in [2.24, 2.45) is 0 Å². The lowest BCUT2D eigenvalue weighted by Crippen LogP contribution is -2.45. The van der Waals surface area contributed by atoms with E-state index in [9.17, 15) is 9.18 Å². The van der Waals surface area contributed by atoms with E-state index in [-0.39, 0.29) is 17.8 Å². The van der Waals surface area contributed by atoms with Gasteiger partial charge in [-0.3, -0.25) is 4.79 Å². The van der Waals surface area contributed by atoms with Gasteiger partial charge in [0.1, 0.15) is 18.2 Å². The highest BCUT2D eigenvalue weighted by Gasteiger charge is 2.29. The Morgan fingerprint density at radius 2 is 1.83 bits per heavy atom. The van der Waals surface area contributed by atoms with Gasteiger partial charge in [0.2, 0.25) is 5.91 Å². The second-order valence-electron chi connectivity index (χ2n) is 7.66. The molecule has 4 nitrogen and oxygen atoms in total. The van der Waals surface area contributed by atoms with E-state index >= 15 is 0 Å². The number of rotatable bonds is 6. The number of anilines is 1. The summed E-state index contributed by atoms with van der Waals surface area (Å²) in [6.45, 7) is 3.50. The van der Waals surface area contributed by atoms with Crippen molar-refractivity contribution >= 4 is 11.6 Å². The summed E-state index contributed by atoms with van der Waals surface area (Å²) in [5.74, 6) is 0.151. The SMILES string of the molecule is Cc1ccc(CN2c3ccc(F)cc3OC[C@@H]2CC(=O)NCc2ccccc2)cc1. The number of nitrogens with one attached hydrogen (secondary N) is 1. The largest absolute Gasteiger partial charge is 0.489 e. The summed E-state index contributed by atoms with van der Waals surface area (Å²) in [5, 5.41) is 2.99. The zero-order chi connectivity index (χ0) is 20.9. The van der Waals surface area contributed by atoms with Crippen molar-refractivity contribution in [3.8, 4) is 5.75 Å². The molecule has 1 aliphatic heterocycles. The average molecular weight is 404 g/mol. The standard InChI is InChI=1S/C25H25FN2O2/c1-18-7-9-20(10-8-18)16-28-22(17-30-24-13-21(26)11-12-23(24)28)14-25(29)27-15-19-5-3-2-4-6-19/h2-13,22H,14-17H2,1H3,(H,27,29)/t22-/m0/s1. The van der Waals surface area contributed by atoms with Crippen LogP contribution in [0.5, 0.6) is 5.75 Å². The van der Waals surface area contributed by atoms with Crippen molar-refractivity contribution in [2.75, 3.05) is 11.5 Å². The van der Waals surface area contributed by atoms with E-state index in [1.54, 1.807) is 6.07 Å². The zero-order valence-electron chi connectivity index (χ0n) is 17.0. The fourth-order valence-corrected chi connectivity index (χ4v) is 3.67. The third-order valence-corrected chi connectivity index (χ3v) is 5.33. The Morgan fingerprint density at radius 1 is 1.07 bits per heavy atom. The molecule has 0 saturated carbocycles. The smallest absolute Gasteiger partial charge is 0.222 e. The molecule has 3 aromatic rings. The maximum absolute atomic E-state index is 13.7. The molecule has 0 aliphatic carbocycles. The Morgan fingerprint density at radius 3 is 2.60 bits per heavy atom. The summed E-state index contributed by atoms with van der Waals surface area (Å²) < 4.78 is 19.5. The van der Waals surface area contributed by atoms with E-state index in [1.165, 1.54) is 17.7 Å². The van der Waals surface area contributed by atoms with Gasteiger partial charge in [0.15, 0.2) is 0 Å². The first-order valence-corrected chi connectivity index (χ1v) is 10.1. The van der Waals surface area contributed by atoms with Gasteiger partial charge in [-0.05, 0) is 30.2 Å². The predicted octanol–water partition coefficient (Wildman–Crippen LogP) is 4.61. The molecule has 0 unspecified atom stereocenters. The minimum atomic E-state index is -0.330. The lowest BCUT2D eigenvalue weighted by Gasteiger charge is -2.38. The first-order valence-electron chi connectivity index (χ1n) is 10.1. The molecule has 1 aliphatic rings. The Kier molecular flexibility index (Phi) is 5.98. The van der Waals surface area contributed by atoms with Gasteiger partial charge in [0.05, 0.1) is 18.2 Å². The zero-order valence-corrected chi connectivity index (χ0v) is 17.0. The van der Waals surface area contributed by atoms with E-state index in [0.29, 0.717) is 31.9 Å². The number of ether oxygens (including phenoxy) is 1. The molecule has 1 amide bonds. The molecule has 0 radical (unpaired) electrons. The summed E-state index contributed by atoms with van der Waals surface area (Å²) in [5.41, 5.74) is 4.19. The minimum Gasteiger partial charge on any atom is -0.489 e. The monoisotopic (exact) mass is 404 g/mol. The summed E-state index contributed by atoms with van der Waals surface area (Å²) in [4.78, 5) is 14.8. The molecule has 1 heterocycles. The normalized spacial score (nSPS) is 15.3. The van der Waals surface area contributed by atoms with Crippen LogP contribution in [0.4, 0.5) is 10.1 Å². The topological polar surface area (TPSA) is 41.6 Å². The van der Waals surface area contributed by atoms with Crippen LogP contribution in [-0.4, -0.2) is 18.6 Å². The van der Waals surface area contributed by atoms with Gasteiger partial charge in [-0.15, -0.1) is 0 Å². The molecule has 0 spiro atoms. The maximum Gasteiger partial charge on any atom is 0.222 e. The van der Waals surface area contributed by atoms with Crippen LogP contribution in [0.25, 0.3) is 0 Å². The van der Waals surface area contributed by atoms with Crippen molar-refractivity contribution in [3.63, 3.8) is 0 Å². The Bertz CT molecular complexity index is 1010. The van der Waals surface area contributed by atoms with E-state index in [0.717, 1.165) is 16.8 Å². The maximum atomic E-state index is 13.7. The molecular formula is C25H25FN2O2. The van der Waals surface area contributed by atoms with Crippen LogP contribution in [0.2, 0.25) is 0 Å². The highest BCUT2D eigenvalue weighted by Crippen LogP contribution is 2.36. The van der Waals surface area contributed by atoms with Gasteiger partial charge in [-0.1, -0.05) is 60.2 Å². The third kappa shape index (κ3) is 4.79. The number of amides is 1. The highest BCUT2D eigenvalue weighted by molar-refractivity contribution is 5.77.